The second kappa shape index (κ2) is 10.4. The molecule has 0 radical (unpaired) electrons. The minimum atomic E-state index is -3.50. The molecule has 6 nitrogen and oxygen atoms in total. The van der Waals surface area contributed by atoms with Crippen LogP contribution in [0.25, 0.3) is 0 Å². The van der Waals surface area contributed by atoms with E-state index in [2.05, 4.69) is 10.2 Å². The van der Waals surface area contributed by atoms with Crippen LogP contribution in [0, 0.1) is 0 Å². The van der Waals surface area contributed by atoms with E-state index in [-0.39, 0.29) is 22.3 Å². The average molecular weight is 451 g/mol. The van der Waals surface area contributed by atoms with E-state index >= 15 is 0 Å². The number of carbonyl (C=O) groups is 1. The number of benzene rings is 2. The summed E-state index contributed by atoms with van der Waals surface area (Å²) in [6.07, 6.45) is 0.494. The molecule has 1 fully saturated rings. The molecule has 1 amide bonds. The molecule has 0 spiro atoms. The van der Waals surface area contributed by atoms with Crippen molar-refractivity contribution >= 4 is 27.3 Å². The molecule has 0 saturated carbocycles. The Morgan fingerprint density at radius 3 is 2.47 bits per heavy atom. The van der Waals surface area contributed by atoms with Crippen LogP contribution in [0.15, 0.2) is 53.4 Å². The number of carbonyl (C=O) groups excluding carboxylic acids is 1. The lowest BCUT2D eigenvalue weighted by Crippen LogP contribution is -2.44. The van der Waals surface area contributed by atoms with Gasteiger partial charge in [0, 0.05) is 24.7 Å². The number of nitrogens with one attached hydrogen (secondary N) is 1. The lowest BCUT2D eigenvalue weighted by molar-refractivity contribution is 0.0162. The molecule has 162 valence electrons. The number of morpholine rings is 1. The molecular formula is C22H27ClN2O4S. The third kappa shape index (κ3) is 5.60. The first-order chi connectivity index (χ1) is 14.4. The Labute approximate surface area is 183 Å². The minimum Gasteiger partial charge on any atom is -0.379 e. The van der Waals surface area contributed by atoms with Crippen molar-refractivity contribution in [3.63, 3.8) is 0 Å². The van der Waals surface area contributed by atoms with Crippen molar-refractivity contribution in [2.45, 2.75) is 24.3 Å². The van der Waals surface area contributed by atoms with Crippen molar-refractivity contribution < 1.29 is 17.9 Å². The predicted molar refractivity (Wildman–Crippen MR) is 118 cm³/mol. The van der Waals surface area contributed by atoms with Gasteiger partial charge in [0.05, 0.1) is 35.5 Å². The Kier molecular flexibility index (Phi) is 7.88. The topological polar surface area (TPSA) is 75.7 Å². The normalized spacial score (nSPS) is 16.2. The Hall–Kier alpha value is -1.93. The standard InChI is InChI=1S/C22H27ClN2O4S/c1-2-15-30(27,28)21-6-4-3-5-19(21)22(26)24-16-20(25-11-13-29-14-12-25)17-7-9-18(23)10-8-17/h3-10,20H,2,11-16H2,1H3,(H,24,26)/t20-/m1/s1. The zero-order valence-corrected chi connectivity index (χ0v) is 18.6. The number of hydrogen-bond donors (Lipinski definition) is 1. The molecule has 0 bridgehead atoms. The van der Waals surface area contributed by atoms with Crippen LogP contribution in [-0.4, -0.2) is 57.8 Å². The van der Waals surface area contributed by atoms with Gasteiger partial charge in [-0.25, -0.2) is 8.42 Å². The van der Waals surface area contributed by atoms with Gasteiger partial charge in [0.15, 0.2) is 9.84 Å². The van der Waals surface area contributed by atoms with Crippen LogP contribution in [0.1, 0.15) is 35.3 Å². The van der Waals surface area contributed by atoms with Gasteiger partial charge in [-0.3, -0.25) is 9.69 Å². The second-order valence-electron chi connectivity index (χ2n) is 7.24. The van der Waals surface area contributed by atoms with Crippen molar-refractivity contribution in [1.82, 2.24) is 10.2 Å². The number of nitrogens with zero attached hydrogens (tertiary/aromatic N) is 1. The van der Waals surface area contributed by atoms with E-state index in [1.807, 2.05) is 24.3 Å². The van der Waals surface area contributed by atoms with Gasteiger partial charge in [0.2, 0.25) is 0 Å². The molecule has 1 heterocycles. The van der Waals surface area contributed by atoms with Gasteiger partial charge in [-0.1, -0.05) is 42.8 Å². The SMILES string of the molecule is CCCS(=O)(=O)c1ccccc1C(=O)NC[C@H](c1ccc(Cl)cc1)N1CCOCC1. The highest BCUT2D eigenvalue weighted by atomic mass is 35.5. The van der Waals surface area contributed by atoms with Crippen LogP contribution in [0.4, 0.5) is 0 Å². The van der Waals surface area contributed by atoms with Crippen LogP contribution in [0.3, 0.4) is 0 Å². The molecule has 0 aromatic heterocycles. The summed E-state index contributed by atoms with van der Waals surface area (Å²) < 4.78 is 30.6. The molecule has 1 atom stereocenters. The number of hydrogen-bond acceptors (Lipinski definition) is 5. The minimum absolute atomic E-state index is 0.0124. The summed E-state index contributed by atoms with van der Waals surface area (Å²) in [6, 6.07) is 13.9. The summed E-state index contributed by atoms with van der Waals surface area (Å²) in [5.41, 5.74) is 1.22. The second-order valence-corrected chi connectivity index (χ2v) is 9.75. The monoisotopic (exact) mass is 450 g/mol. The molecule has 1 aliphatic heterocycles. The summed E-state index contributed by atoms with van der Waals surface area (Å²) in [6.45, 7) is 4.93. The van der Waals surface area contributed by atoms with Gasteiger partial charge >= 0.3 is 0 Å². The fraction of sp³-hybridized carbons (Fsp3) is 0.409. The molecule has 0 aliphatic carbocycles. The van der Waals surface area contributed by atoms with E-state index in [0.29, 0.717) is 31.2 Å². The highest BCUT2D eigenvalue weighted by molar-refractivity contribution is 7.91. The molecule has 8 heteroatoms. The first kappa shape index (κ1) is 22.7. The molecular weight excluding hydrogens is 424 g/mol. The smallest absolute Gasteiger partial charge is 0.252 e. The molecule has 2 aromatic carbocycles. The van der Waals surface area contributed by atoms with Crippen molar-refractivity contribution in [2.24, 2.45) is 0 Å². The summed E-state index contributed by atoms with van der Waals surface area (Å²) >= 11 is 6.04. The van der Waals surface area contributed by atoms with Crippen LogP contribution in [-0.2, 0) is 14.6 Å². The summed E-state index contributed by atoms with van der Waals surface area (Å²) in [7, 11) is -3.50. The Morgan fingerprint density at radius 1 is 1.13 bits per heavy atom. The van der Waals surface area contributed by atoms with E-state index in [9.17, 15) is 13.2 Å². The van der Waals surface area contributed by atoms with Gasteiger partial charge in [0.1, 0.15) is 0 Å². The van der Waals surface area contributed by atoms with Crippen LogP contribution in [0.2, 0.25) is 5.02 Å². The molecule has 1 saturated heterocycles. The summed E-state index contributed by atoms with van der Waals surface area (Å²) in [4.78, 5) is 15.3. The van der Waals surface area contributed by atoms with E-state index in [1.54, 1.807) is 25.1 Å². The maximum absolute atomic E-state index is 12.9. The van der Waals surface area contributed by atoms with Gasteiger partial charge in [-0.15, -0.1) is 0 Å². The van der Waals surface area contributed by atoms with Crippen LogP contribution in [0.5, 0.6) is 0 Å². The van der Waals surface area contributed by atoms with Gasteiger partial charge in [-0.05, 0) is 36.2 Å². The molecule has 2 aromatic rings. The fourth-order valence-electron chi connectivity index (χ4n) is 3.62. The maximum Gasteiger partial charge on any atom is 0.252 e. The van der Waals surface area contributed by atoms with E-state index in [4.69, 9.17) is 16.3 Å². The maximum atomic E-state index is 12.9. The molecule has 1 N–H and O–H groups in total. The predicted octanol–water partition coefficient (Wildman–Crippen LogP) is 3.33. The number of ether oxygens (including phenoxy) is 1. The average Bonchev–Trinajstić information content (AvgIpc) is 2.75. The van der Waals surface area contributed by atoms with E-state index in [1.165, 1.54) is 6.07 Å². The largest absolute Gasteiger partial charge is 0.379 e. The number of amides is 1. The molecule has 0 unspecified atom stereocenters. The Bertz CT molecular complexity index is 957. The van der Waals surface area contributed by atoms with Crippen molar-refractivity contribution in [1.29, 1.82) is 0 Å². The number of rotatable bonds is 8. The number of sulfone groups is 1. The fourth-order valence-corrected chi connectivity index (χ4v) is 5.29. The van der Waals surface area contributed by atoms with Gasteiger partial charge in [-0.2, -0.15) is 0 Å². The molecule has 30 heavy (non-hydrogen) atoms. The van der Waals surface area contributed by atoms with E-state index in [0.717, 1.165) is 18.7 Å². The lowest BCUT2D eigenvalue weighted by Gasteiger charge is -2.35. The summed E-state index contributed by atoms with van der Waals surface area (Å²) in [5, 5.41) is 3.60. The molecule has 3 rings (SSSR count). The number of halogens is 1. The first-order valence-corrected chi connectivity index (χ1v) is 12.1. The lowest BCUT2D eigenvalue weighted by atomic mass is 10.0. The van der Waals surface area contributed by atoms with Crippen LogP contribution < -0.4 is 5.32 Å². The zero-order valence-electron chi connectivity index (χ0n) is 17.0. The third-order valence-corrected chi connectivity index (χ3v) is 7.36. The summed E-state index contributed by atoms with van der Waals surface area (Å²) in [5.74, 6) is -0.379. The van der Waals surface area contributed by atoms with E-state index < -0.39 is 15.7 Å². The van der Waals surface area contributed by atoms with Gasteiger partial charge in [0.25, 0.3) is 5.91 Å². The highest BCUT2D eigenvalue weighted by Crippen LogP contribution is 2.24. The molecule has 1 aliphatic rings. The zero-order chi connectivity index (χ0) is 21.6. The van der Waals surface area contributed by atoms with Gasteiger partial charge < -0.3 is 10.1 Å². The third-order valence-electron chi connectivity index (χ3n) is 5.14. The Morgan fingerprint density at radius 2 is 1.80 bits per heavy atom. The highest BCUT2D eigenvalue weighted by Gasteiger charge is 2.25. The quantitative estimate of drug-likeness (QED) is 0.667. The van der Waals surface area contributed by atoms with Crippen molar-refractivity contribution in [2.75, 3.05) is 38.6 Å². The van der Waals surface area contributed by atoms with Crippen LogP contribution >= 0.6 is 11.6 Å². The van der Waals surface area contributed by atoms with Crippen molar-refractivity contribution in [3.05, 3.63) is 64.7 Å². The Balaban J connectivity index is 1.80. The first-order valence-electron chi connectivity index (χ1n) is 10.1. The van der Waals surface area contributed by atoms with Crippen molar-refractivity contribution in [3.8, 4) is 0 Å².